The van der Waals surface area contributed by atoms with Crippen LogP contribution in [0.2, 0.25) is 0 Å². The molecule has 1 aromatic carbocycles. The smallest absolute Gasteiger partial charge is 0.124 e. The fourth-order valence-corrected chi connectivity index (χ4v) is 2.18. The van der Waals surface area contributed by atoms with Crippen LogP contribution in [0.1, 0.15) is 58.3 Å². The van der Waals surface area contributed by atoms with Crippen molar-refractivity contribution in [1.29, 1.82) is 0 Å². The molecule has 2 unspecified atom stereocenters. The largest absolute Gasteiger partial charge is 0.496 e. The molecule has 0 aliphatic rings. The van der Waals surface area contributed by atoms with Gasteiger partial charge in [0, 0.05) is 11.6 Å². The molecule has 0 radical (unpaired) electrons. The van der Waals surface area contributed by atoms with Crippen molar-refractivity contribution < 1.29 is 9.84 Å². The van der Waals surface area contributed by atoms with Crippen molar-refractivity contribution in [3.05, 3.63) is 29.3 Å². The van der Waals surface area contributed by atoms with Crippen LogP contribution in [0.25, 0.3) is 0 Å². The normalized spacial score (nSPS) is 14.9. The van der Waals surface area contributed by atoms with Crippen LogP contribution in [-0.4, -0.2) is 24.8 Å². The van der Waals surface area contributed by atoms with E-state index in [4.69, 9.17) is 4.74 Å². The van der Waals surface area contributed by atoms with E-state index in [1.807, 2.05) is 13.0 Å². The van der Waals surface area contributed by atoms with E-state index in [1.165, 1.54) is 5.56 Å². The summed E-state index contributed by atoms with van der Waals surface area (Å²) in [6.45, 7) is 11.5. The maximum absolute atomic E-state index is 10.6. The Bertz CT molecular complexity index is 423. The van der Waals surface area contributed by atoms with Crippen LogP contribution in [-0.2, 0) is 5.41 Å². The molecule has 1 aromatic rings. The first-order valence-corrected chi connectivity index (χ1v) is 7.41. The highest BCUT2D eigenvalue weighted by molar-refractivity contribution is 5.41. The van der Waals surface area contributed by atoms with Crippen LogP contribution >= 0.6 is 0 Å². The van der Waals surface area contributed by atoms with Crippen LogP contribution in [0.15, 0.2) is 18.2 Å². The lowest BCUT2D eigenvalue weighted by atomic mass is 9.85. The van der Waals surface area contributed by atoms with E-state index in [0.29, 0.717) is 0 Å². The van der Waals surface area contributed by atoms with Crippen molar-refractivity contribution in [3.8, 4) is 5.75 Å². The van der Waals surface area contributed by atoms with E-state index >= 15 is 0 Å². The molecule has 20 heavy (non-hydrogen) atoms. The average Bonchev–Trinajstić information content (AvgIpc) is 2.42. The second kappa shape index (κ2) is 7.09. The predicted molar refractivity (Wildman–Crippen MR) is 84.4 cm³/mol. The second-order valence-electron chi connectivity index (χ2n) is 6.39. The lowest BCUT2D eigenvalue weighted by molar-refractivity contribution is 0.133. The van der Waals surface area contributed by atoms with Crippen LogP contribution in [0.4, 0.5) is 0 Å². The summed E-state index contributed by atoms with van der Waals surface area (Å²) in [6, 6.07) is 6.08. The summed E-state index contributed by atoms with van der Waals surface area (Å²) in [6.07, 6.45) is 0.481. The van der Waals surface area contributed by atoms with Crippen LogP contribution < -0.4 is 10.1 Å². The Labute approximate surface area is 123 Å². The van der Waals surface area contributed by atoms with Crippen LogP contribution in [0.5, 0.6) is 5.75 Å². The molecule has 3 heteroatoms. The number of methoxy groups -OCH3 is 1. The molecular weight excluding hydrogens is 250 g/mol. The minimum atomic E-state index is -0.571. The quantitative estimate of drug-likeness (QED) is 0.838. The standard InChI is InChI=1S/C17H29NO2/c1-7-10-18-12(2)16(19)14-11-13(17(3,4)5)8-9-15(14)20-6/h8-9,11-12,16,18-19H,7,10H2,1-6H3. The molecule has 0 saturated carbocycles. The molecule has 1 rings (SSSR count). The fraction of sp³-hybridized carbons (Fsp3) is 0.647. The zero-order chi connectivity index (χ0) is 15.3. The average molecular weight is 279 g/mol. The Morgan fingerprint density at radius 1 is 1.30 bits per heavy atom. The monoisotopic (exact) mass is 279 g/mol. The molecule has 2 N–H and O–H groups in total. The van der Waals surface area contributed by atoms with Gasteiger partial charge in [-0.2, -0.15) is 0 Å². The molecule has 2 atom stereocenters. The number of benzene rings is 1. The molecular formula is C17H29NO2. The number of hydrogen-bond acceptors (Lipinski definition) is 3. The maximum Gasteiger partial charge on any atom is 0.124 e. The van der Waals surface area contributed by atoms with E-state index in [0.717, 1.165) is 24.3 Å². The number of hydrogen-bond donors (Lipinski definition) is 2. The Hall–Kier alpha value is -1.06. The van der Waals surface area contributed by atoms with Gasteiger partial charge in [-0.05, 0) is 43.0 Å². The van der Waals surface area contributed by atoms with Gasteiger partial charge >= 0.3 is 0 Å². The third-order valence-electron chi connectivity index (χ3n) is 3.60. The van der Waals surface area contributed by atoms with Crippen molar-refractivity contribution in [2.75, 3.05) is 13.7 Å². The predicted octanol–water partition coefficient (Wildman–Crippen LogP) is 3.41. The maximum atomic E-state index is 10.6. The number of ether oxygens (including phenoxy) is 1. The first-order chi connectivity index (χ1) is 9.31. The van der Waals surface area contributed by atoms with Crippen LogP contribution in [0, 0.1) is 0 Å². The van der Waals surface area contributed by atoms with E-state index < -0.39 is 6.10 Å². The van der Waals surface area contributed by atoms with Gasteiger partial charge in [-0.1, -0.05) is 33.8 Å². The molecule has 0 spiro atoms. The van der Waals surface area contributed by atoms with Crippen molar-refractivity contribution in [1.82, 2.24) is 5.32 Å². The van der Waals surface area contributed by atoms with Gasteiger partial charge in [-0.3, -0.25) is 0 Å². The summed E-state index contributed by atoms with van der Waals surface area (Å²) in [4.78, 5) is 0. The summed E-state index contributed by atoms with van der Waals surface area (Å²) in [5.74, 6) is 0.746. The summed E-state index contributed by atoms with van der Waals surface area (Å²) in [5.41, 5.74) is 2.12. The summed E-state index contributed by atoms with van der Waals surface area (Å²) >= 11 is 0. The zero-order valence-electron chi connectivity index (χ0n) is 13.7. The first-order valence-electron chi connectivity index (χ1n) is 7.41. The Morgan fingerprint density at radius 2 is 1.95 bits per heavy atom. The topological polar surface area (TPSA) is 41.5 Å². The van der Waals surface area contributed by atoms with Crippen molar-refractivity contribution in [2.45, 2.75) is 58.6 Å². The fourth-order valence-electron chi connectivity index (χ4n) is 2.18. The molecule has 0 bridgehead atoms. The molecule has 0 aliphatic carbocycles. The van der Waals surface area contributed by atoms with Gasteiger partial charge in [-0.15, -0.1) is 0 Å². The molecule has 114 valence electrons. The highest BCUT2D eigenvalue weighted by Crippen LogP contribution is 2.32. The second-order valence-corrected chi connectivity index (χ2v) is 6.39. The van der Waals surface area contributed by atoms with E-state index in [9.17, 15) is 5.11 Å². The minimum Gasteiger partial charge on any atom is -0.496 e. The van der Waals surface area contributed by atoms with Crippen LogP contribution in [0.3, 0.4) is 0 Å². The Kier molecular flexibility index (Phi) is 6.03. The lowest BCUT2D eigenvalue weighted by Gasteiger charge is -2.25. The van der Waals surface area contributed by atoms with Gasteiger partial charge in [0.1, 0.15) is 5.75 Å². The zero-order valence-corrected chi connectivity index (χ0v) is 13.7. The summed E-state index contributed by atoms with van der Waals surface area (Å²) in [5, 5.41) is 13.9. The van der Waals surface area contributed by atoms with Gasteiger partial charge in [0.2, 0.25) is 0 Å². The van der Waals surface area contributed by atoms with Crippen molar-refractivity contribution in [2.24, 2.45) is 0 Å². The lowest BCUT2D eigenvalue weighted by Crippen LogP contribution is -2.33. The third kappa shape index (κ3) is 4.22. The molecule has 0 aromatic heterocycles. The number of nitrogens with one attached hydrogen (secondary N) is 1. The third-order valence-corrected chi connectivity index (χ3v) is 3.60. The van der Waals surface area contributed by atoms with Crippen molar-refractivity contribution in [3.63, 3.8) is 0 Å². The Morgan fingerprint density at radius 3 is 2.45 bits per heavy atom. The number of aliphatic hydroxyl groups is 1. The molecule has 0 saturated heterocycles. The highest BCUT2D eigenvalue weighted by Gasteiger charge is 2.22. The van der Waals surface area contributed by atoms with Gasteiger partial charge in [0.15, 0.2) is 0 Å². The van der Waals surface area contributed by atoms with Gasteiger partial charge < -0.3 is 15.2 Å². The number of rotatable bonds is 6. The van der Waals surface area contributed by atoms with Gasteiger partial charge in [0.25, 0.3) is 0 Å². The summed E-state index contributed by atoms with van der Waals surface area (Å²) < 4.78 is 5.40. The van der Waals surface area contributed by atoms with E-state index in [1.54, 1.807) is 7.11 Å². The summed E-state index contributed by atoms with van der Waals surface area (Å²) in [7, 11) is 1.65. The van der Waals surface area contributed by atoms with Gasteiger partial charge in [0.05, 0.1) is 13.2 Å². The Balaban J connectivity index is 3.07. The first kappa shape index (κ1) is 17.0. The van der Waals surface area contributed by atoms with Gasteiger partial charge in [-0.25, -0.2) is 0 Å². The molecule has 0 heterocycles. The SMILES string of the molecule is CCCNC(C)C(O)c1cc(C(C)(C)C)ccc1OC. The molecule has 0 amide bonds. The molecule has 0 aliphatic heterocycles. The van der Waals surface area contributed by atoms with E-state index in [2.05, 4.69) is 45.1 Å². The number of aliphatic hydroxyl groups excluding tert-OH is 1. The van der Waals surface area contributed by atoms with Crippen molar-refractivity contribution >= 4 is 0 Å². The molecule has 0 fully saturated rings. The highest BCUT2D eigenvalue weighted by atomic mass is 16.5. The minimum absolute atomic E-state index is 0.000863. The van der Waals surface area contributed by atoms with E-state index in [-0.39, 0.29) is 11.5 Å². The molecule has 3 nitrogen and oxygen atoms in total.